The molecule has 0 aliphatic heterocycles. The number of hydrogen-bond acceptors (Lipinski definition) is 3. The molecule has 1 unspecified atom stereocenters. The molecule has 18 heavy (non-hydrogen) atoms. The lowest BCUT2D eigenvalue weighted by atomic mass is 10.1. The molecule has 5 heteroatoms. The Morgan fingerprint density at radius 3 is 2.89 bits per heavy atom. The number of imidazole rings is 1. The Kier molecular flexibility index (Phi) is 3.89. The predicted octanol–water partition coefficient (Wildman–Crippen LogP) is 2.63. The summed E-state index contributed by atoms with van der Waals surface area (Å²) < 4.78 is 5.12. The molecule has 1 aromatic carbocycles. The zero-order valence-corrected chi connectivity index (χ0v) is 11.2. The molecule has 2 rings (SSSR count). The van der Waals surface area contributed by atoms with Gasteiger partial charge in [0, 0.05) is 18.0 Å². The van der Waals surface area contributed by atoms with Crippen molar-refractivity contribution in [2.75, 3.05) is 7.11 Å². The van der Waals surface area contributed by atoms with Gasteiger partial charge in [0.1, 0.15) is 11.6 Å². The van der Waals surface area contributed by atoms with Gasteiger partial charge < -0.3 is 15.5 Å². The minimum absolute atomic E-state index is 0.0790. The molecule has 0 saturated heterocycles. The summed E-state index contributed by atoms with van der Waals surface area (Å²) in [5.74, 6) is 1.60. The lowest BCUT2D eigenvalue weighted by Crippen LogP contribution is -2.18. The van der Waals surface area contributed by atoms with Crippen molar-refractivity contribution < 1.29 is 4.74 Å². The fourth-order valence-corrected chi connectivity index (χ4v) is 2.02. The number of halogens is 1. The van der Waals surface area contributed by atoms with Crippen LogP contribution in [0.2, 0.25) is 5.02 Å². The number of methoxy groups -OCH3 is 1. The van der Waals surface area contributed by atoms with Crippen LogP contribution in [0.25, 0.3) is 11.3 Å². The Labute approximate surface area is 111 Å². The molecule has 0 fully saturated rings. The topological polar surface area (TPSA) is 63.9 Å². The second-order valence-electron chi connectivity index (χ2n) is 4.27. The zero-order chi connectivity index (χ0) is 13.1. The van der Waals surface area contributed by atoms with Gasteiger partial charge in [-0.15, -0.1) is 0 Å². The first kappa shape index (κ1) is 12.9. The summed E-state index contributed by atoms with van der Waals surface area (Å²) in [6.45, 7) is 1.95. The maximum absolute atomic E-state index is 6.21. The fourth-order valence-electron chi connectivity index (χ4n) is 1.75. The van der Waals surface area contributed by atoms with Crippen LogP contribution in [0.4, 0.5) is 0 Å². The number of ether oxygens (including phenoxy) is 1. The van der Waals surface area contributed by atoms with E-state index in [1.54, 1.807) is 19.4 Å². The van der Waals surface area contributed by atoms with E-state index in [0.29, 0.717) is 11.4 Å². The van der Waals surface area contributed by atoms with Crippen molar-refractivity contribution in [1.29, 1.82) is 0 Å². The van der Waals surface area contributed by atoms with Crippen molar-refractivity contribution >= 4 is 11.6 Å². The lowest BCUT2D eigenvalue weighted by Gasteiger charge is -2.05. The Balaban J connectivity index is 2.28. The number of nitrogens with two attached hydrogens (primary N) is 1. The van der Waals surface area contributed by atoms with E-state index in [9.17, 15) is 0 Å². The second kappa shape index (κ2) is 5.42. The van der Waals surface area contributed by atoms with Gasteiger partial charge in [-0.05, 0) is 25.1 Å². The highest BCUT2D eigenvalue weighted by atomic mass is 35.5. The summed E-state index contributed by atoms with van der Waals surface area (Å²) in [6, 6.07) is 5.64. The van der Waals surface area contributed by atoms with Crippen LogP contribution >= 0.6 is 11.6 Å². The van der Waals surface area contributed by atoms with Gasteiger partial charge in [-0.1, -0.05) is 11.6 Å². The molecule has 4 nitrogen and oxygen atoms in total. The average Bonchev–Trinajstić information content (AvgIpc) is 2.76. The number of hydrogen-bond donors (Lipinski definition) is 2. The summed E-state index contributed by atoms with van der Waals surface area (Å²) in [5.41, 5.74) is 7.53. The number of aromatic nitrogens is 2. The van der Waals surface area contributed by atoms with Crippen LogP contribution in [-0.2, 0) is 6.42 Å². The van der Waals surface area contributed by atoms with Crippen molar-refractivity contribution in [1.82, 2.24) is 9.97 Å². The zero-order valence-electron chi connectivity index (χ0n) is 10.4. The average molecular weight is 266 g/mol. The third kappa shape index (κ3) is 2.83. The Hall–Kier alpha value is -1.52. The van der Waals surface area contributed by atoms with E-state index in [0.717, 1.165) is 22.8 Å². The van der Waals surface area contributed by atoms with E-state index >= 15 is 0 Å². The Bertz CT molecular complexity index is 537. The molecular formula is C13H16ClN3O. The standard InChI is InChI=1S/C13H16ClN3O/c1-8(15)5-13-16-7-12(17-13)10-4-3-9(18-2)6-11(10)14/h3-4,6-8H,5,15H2,1-2H3,(H,16,17). The number of nitrogens with zero attached hydrogens (tertiary/aromatic N) is 1. The van der Waals surface area contributed by atoms with Gasteiger partial charge in [0.15, 0.2) is 0 Å². The van der Waals surface area contributed by atoms with Crippen molar-refractivity contribution in [2.45, 2.75) is 19.4 Å². The van der Waals surface area contributed by atoms with Crippen molar-refractivity contribution in [2.24, 2.45) is 5.73 Å². The van der Waals surface area contributed by atoms with E-state index < -0.39 is 0 Å². The number of benzene rings is 1. The van der Waals surface area contributed by atoms with Crippen LogP contribution in [-0.4, -0.2) is 23.1 Å². The van der Waals surface area contributed by atoms with Crippen LogP contribution < -0.4 is 10.5 Å². The van der Waals surface area contributed by atoms with Gasteiger partial charge in [-0.2, -0.15) is 0 Å². The molecule has 1 atom stereocenters. The minimum Gasteiger partial charge on any atom is -0.497 e. The lowest BCUT2D eigenvalue weighted by molar-refractivity contribution is 0.415. The molecule has 1 aromatic heterocycles. The maximum Gasteiger partial charge on any atom is 0.120 e. The number of H-pyrrole nitrogens is 1. The van der Waals surface area contributed by atoms with Gasteiger partial charge in [-0.25, -0.2) is 4.98 Å². The normalized spacial score (nSPS) is 12.4. The quantitative estimate of drug-likeness (QED) is 0.893. The van der Waals surface area contributed by atoms with Crippen LogP contribution in [0.1, 0.15) is 12.7 Å². The molecule has 0 radical (unpaired) electrons. The van der Waals surface area contributed by atoms with Crippen LogP contribution in [0.15, 0.2) is 24.4 Å². The van der Waals surface area contributed by atoms with Gasteiger partial charge in [0.25, 0.3) is 0 Å². The number of rotatable bonds is 4. The molecular weight excluding hydrogens is 250 g/mol. The summed E-state index contributed by atoms with van der Waals surface area (Å²) in [5, 5.41) is 0.630. The molecule has 0 spiro atoms. The summed E-state index contributed by atoms with van der Waals surface area (Å²) in [4.78, 5) is 7.51. The highest BCUT2D eigenvalue weighted by Crippen LogP contribution is 2.30. The molecule has 2 aromatic rings. The molecule has 0 saturated carbocycles. The Morgan fingerprint density at radius 2 is 2.28 bits per heavy atom. The van der Waals surface area contributed by atoms with Crippen LogP contribution in [0.3, 0.4) is 0 Å². The molecule has 0 bridgehead atoms. The van der Waals surface area contributed by atoms with Gasteiger partial charge in [0.05, 0.1) is 24.0 Å². The van der Waals surface area contributed by atoms with Crippen molar-refractivity contribution in [3.05, 3.63) is 35.2 Å². The fraction of sp³-hybridized carbons (Fsp3) is 0.308. The van der Waals surface area contributed by atoms with Crippen molar-refractivity contribution in [3.63, 3.8) is 0 Å². The molecule has 3 N–H and O–H groups in total. The van der Waals surface area contributed by atoms with Crippen molar-refractivity contribution in [3.8, 4) is 17.0 Å². The largest absolute Gasteiger partial charge is 0.497 e. The molecule has 96 valence electrons. The van der Waals surface area contributed by atoms with E-state index in [-0.39, 0.29) is 6.04 Å². The Morgan fingerprint density at radius 1 is 1.50 bits per heavy atom. The van der Waals surface area contributed by atoms with Crippen LogP contribution in [0.5, 0.6) is 5.75 Å². The summed E-state index contributed by atoms with van der Waals surface area (Å²) >= 11 is 6.21. The predicted molar refractivity (Wildman–Crippen MR) is 72.9 cm³/mol. The van der Waals surface area contributed by atoms with Crippen LogP contribution in [0, 0.1) is 0 Å². The first-order valence-corrected chi connectivity index (χ1v) is 6.11. The molecule has 0 amide bonds. The maximum atomic E-state index is 6.21. The van der Waals surface area contributed by atoms with E-state index in [1.165, 1.54) is 0 Å². The summed E-state index contributed by atoms with van der Waals surface area (Å²) in [6.07, 6.45) is 2.49. The minimum atomic E-state index is 0.0790. The summed E-state index contributed by atoms with van der Waals surface area (Å²) in [7, 11) is 1.61. The number of aromatic amines is 1. The molecule has 1 heterocycles. The highest BCUT2D eigenvalue weighted by Gasteiger charge is 2.09. The first-order chi connectivity index (χ1) is 8.60. The van der Waals surface area contributed by atoms with Gasteiger partial charge >= 0.3 is 0 Å². The SMILES string of the molecule is COc1ccc(-c2cnc(CC(C)N)[nH]2)c(Cl)c1. The van der Waals surface area contributed by atoms with Gasteiger partial charge in [-0.3, -0.25) is 0 Å². The monoisotopic (exact) mass is 265 g/mol. The highest BCUT2D eigenvalue weighted by molar-refractivity contribution is 6.33. The third-order valence-electron chi connectivity index (χ3n) is 2.61. The molecule has 0 aliphatic carbocycles. The van der Waals surface area contributed by atoms with E-state index in [2.05, 4.69) is 9.97 Å². The van der Waals surface area contributed by atoms with E-state index in [1.807, 2.05) is 19.1 Å². The first-order valence-electron chi connectivity index (χ1n) is 5.73. The number of nitrogens with one attached hydrogen (secondary N) is 1. The smallest absolute Gasteiger partial charge is 0.120 e. The third-order valence-corrected chi connectivity index (χ3v) is 2.92. The van der Waals surface area contributed by atoms with E-state index in [4.69, 9.17) is 22.1 Å². The van der Waals surface area contributed by atoms with Gasteiger partial charge in [0.2, 0.25) is 0 Å². The second-order valence-corrected chi connectivity index (χ2v) is 4.68. The molecule has 0 aliphatic rings.